The van der Waals surface area contributed by atoms with Crippen molar-refractivity contribution in [1.29, 1.82) is 0 Å². The molecule has 16 aromatic carbocycles. The SMILES string of the molecule is Clc1nc(-n2c3ccccc3c3ccccc32)nc(-n2c3ccccc3c3ccccc32)n1.OB(O)c1cccc([Si](c2ccccc2)(c2ccccc2)c2ccccc2)c1.c1ccc([Si](c2ccccc2)(c2ccccc2)c2cccc(-c3nc(-n4c5ccccc5c5ccccc54)nc(-n4c5ccccc5c5ccccc54)n3)c2)cc1. The Bertz CT molecular complexity index is 6790. The molecule has 0 aliphatic rings. The van der Waals surface area contributed by atoms with Crippen molar-refractivity contribution in [2.75, 3.05) is 0 Å². The number of nitrogens with zero attached hydrogens (tertiary/aromatic N) is 10. The Morgan fingerprint density at radius 2 is 0.424 bits per heavy atom. The van der Waals surface area contributed by atoms with E-state index in [9.17, 15) is 10.0 Å². The molecule has 0 amide bonds. The number of rotatable bonds is 14. The van der Waals surface area contributed by atoms with Gasteiger partial charge in [0.05, 0.1) is 44.1 Å². The molecule has 0 radical (unpaired) electrons. The fraction of sp³-hybridized carbons (Fsp3) is 0. The van der Waals surface area contributed by atoms with E-state index in [1.807, 2.05) is 78.9 Å². The number of aromatic nitrogens is 10. The van der Waals surface area contributed by atoms with E-state index < -0.39 is 23.3 Å². The van der Waals surface area contributed by atoms with Gasteiger partial charge < -0.3 is 10.0 Å². The summed E-state index contributed by atoms with van der Waals surface area (Å²) in [4.78, 5) is 30.2. The van der Waals surface area contributed by atoms with Crippen LogP contribution in [-0.4, -0.2) is 81.5 Å². The van der Waals surface area contributed by atoms with E-state index in [1.165, 1.54) is 36.3 Å². The summed E-state index contributed by atoms with van der Waals surface area (Å²) in [5, 5.41) is 39.0. The number of hydrogen-bond donors (Lipinski definition) is 2. The Morgan fingerprint density at radius 1 is 0.212 bits per heavy atom. The molecule has 12 nitrogen and oxygen atoms in total. The molecule has 0 aliphatic heterocycles. The maximum absolute atomic E-state index is 9.80. The normalized spacial score (nSPS) is 11.7. The summed E-state index contributed by atoms with van der Waals surface area (Å²) in [6, 6.07) is 148. The molecule has 0 spiro atoms. The summed E-state index contributed by atoms with van der Waals surface area (Å²) >= 11 is 6.50. The first-order chi connectivity index (χ1) is 58.3. The third kappa shape index (κ3) is 12.6. The van der Waals surface area contributed by atoms with E-state index in [-0.39, 0.29) is 5.28 Å². The average Bonchev–Trinajstić information content (AvgIpc) is 1.58. The van der Waals surface area contributed by atoms with Crippen molar-refractivity contribution in [3.63, 3.8) is 0 Å². The van der Waals surface area contributed by atoms with E-state index in [4.69, 9.17) is 31.5 Å². The van der Waals surface area contributed by atoms with Crippen LogP contribution in [0.3, 0.4) is 0 Å². The van der Waals surface area contributed by atoms with Gasteiger partial charge in [0.15, 0.2) is 22.0 Å². The van der Waals surface area contributed by atoms with Crippen LogP contribution >= 0.6 is 11.6 Å². The second kappa shape index (κ2) is 31.0. The van der Waals surface area contributed by atoms with Crippen LogP contribution in [0.15, 0.2) is 425 Å². The zero-order chi connectivity index (χ0) is 79.1. The van der Waals surface area contributed by atoms with Crippen LogP contribution in [0.4, 0.5) is 0 Å². The highest BCUT2D eigenvalue weighted by atomic mass is 35.5. The number of hydrogen-bond acceptors (Lipinski definition) is 8. The topological polar surface area (TPSA) is 138 Å². The van der Waals surface area contributed by atoms with Crippen LogP contribution in [0.25, 0.3) is 122 Å². The monoisotopic (exact) mass is 1570 g/mol. The second-order valence-electron chi connectivity index (χ2n) is 29.2. The summed E-state index contributed by atoms with van der Waals surface area (Å²) in [7, 11) is -6.92. The molecule has 0 saturated heterocycles. The van der Waals surface area contributed by atoms with Crippen molar-refractivity contribution in [2.45, 2.75) is 0 Å². The van der Waals surface area contributed by atoms with Gasteiger partial charge in [-0.2, -0.15) is 29.9 Å². The molecule has 2 N–H and O–H groups in total. The summed E-state index contributed by atoms with van der Waals surface area (Å²) in [6.45, 7) is 0. The van der Waals surface area contributed by atoms with Crippen LogP contribution in [0.2, 0.25) is 5.28 Å². The van der Waals surface area contributed by atoms with E-state index >= 15 is 0 Å². The van der Waals surface area contributed by atoms with Crippen LogP contribution in [0.1, 0.15) is 0 Å². The minimum absolute atomic E-state index is 0.152. The highest BCUT2D eigenvalue weighted by molar-refractivity contribution is 7.20. The first-order valence-electron chi connectivity index (χ1n) is 39.3. The van der Waals surface area contributed by atoms with Gasteiger partial charge in [0.1, 0.15) is 0 Å². The molecule has 22 aromatic rings. The van der Waals surface area contributed by atoms with Crippen molar-refractivity contribution in [3.05, 3.63) is 430 Å². The molecule has 0 atom stereocenters. The predicted molar refractivity (Wildman–Crippen MR) is 491 cm³/mol. The van der Waals surface area contributed by atoms with Crippen molar-refractivity contribution in [2.24, 2.45) is 0 Å². The van der Waals surface area contributed by atoms with Crippen LogP contribution in [-0.2, 0) is 0 Å². The number of para-hydroxylation sites is 8. The van der Waals surface area contributed by atoms with Gasteiger partial charge in [0.2, 0.25) is 29.1 Å². The lowest BCUT2D eigenvalue weighted by atomic mass is 9.80. The minimum atomic E-state index is -2.82. The van der Waals surface area contributed by atoms with Gasteiger partial charge in [-0.15, -0.1) is 0 Å². The molecule has 118 heavy (non-hydrogen) atoms. The van der Waals surface area contributed by atoms with Gasteiger partial charge in [-0.25, -0.2) is 0 Å². The van der Waals surface area contributed by atoms with Gasteiger partial charge in [-0.3, -0.25) is 18.3 Å². The number of halogens is 1. The molecule has 6 heterocycles. The summed E-state index contributed by atoms with van der Waals surface area (Å²) < 4.78 is 8.48. The molecule has 16 heteroatoms. The first-order valence-corrected chi connectivity index (χ1v) is 43.7. The lowest BCUT2D eigenvalue weighted by Crippen LogP contribution is -2.75. The largest absolute Gasteiger partial charge is 0.488 e. The molecule has 560 valence electrons. The fourth-order valence-electron chi connectivity index (χ4n) is 17.7. The molecule has 6 aromatic heterocycles. The smallest absolute Gasteiger partial charge is 0.423 e. The quantitative estimate of drug-likeness (QED) is 0.0811. The van der Waals surface area contributed by atoms with Crippen molar-refractivity contribution < 1.29 is 10.0 Å². The summed E-state index contributed by atoms with van der Waals surface area (Å²) in [5.41, 5.74) is 9.70. The van der Waals surface area contributed by atoms with Crippen molar-refractivity contribution >= 4 is 169 Å². The van der Waals surface area contributed by atoms with Gasteiger partial charge in [-0.05, 0) is 107 Å². The van der Waals surface area contributed by atoms with E-state index in [0.717, 1.165) is 98.0 Å². The van der Waals surface area contributed by atoms with Crippen LogP contribution in [0.5, 0.6) is 0 Å². The van der Waals surface area contributed by atoms with Crippen LogP contribution in [0, 0.1) is 0 Å². The molecule has 0 saturated carbocycles. The average molecular weight is 1570 g/mol. The zero-order valence-electron chi connectivity index (χ0n) is 63.7. The van der Waals surface area contributed by atoms with E-state index in [2.05, 4.69) is 368 Å². The lowest BCUT2D eigenvalue weighted by Gasteiger charge is -2.34. The fourth-order valence-corrected chi connectivity index (χ4v) is 27.5. The second-order valence-corrected chi connectivity index (χ2v) is 37.2. The molecule has 22 rings (SSSR count). The lowest BCUT2D eigenvalue weighted by molar-refractivity contribution is 0.426. The highest BCUT2D eigenvalue weighted by Crippen LogP contribution is 2.37. The summed E-state index contributed by atoms with van der Waals surface area (Å²) in [5.74, 6) is 2.72. The van der Waals surface area contributed by atoms with E-state index in [0.29, 0.717) is 35.1 Å². The predicted octanol–water partition coefficient (Wildman–Crippen LogP) is 16.6. The maximum atomic E-state index is 9.80. The maximum Gasteiger partial charge on any atom is 0.488 e. The molecule has 0 aliphatic carbocycles. The van der Waals surface area contributed by atoms with Gasteiger partial charge in [0, 0.05) is 48.7 Å². The molecule has 0 fully saturated rings. The third-order valence-electron chi connectivity index (χ3n) is 22.7. The Balaban J connectivity index is 0.000000124. The Labute approximate surface area is 687 Å². The first kappa shape index (κ1) is 72.4. The molecule has 0 unspecified atom stereocenters. The number of fused-ring (bicyclic) bond motifs is 12. The van der Waals surface area contributed by atoms with Crippen molar-refractivity contribution in [1.82, 2.24) is 48.2 Å². The summed E-state index contributed by atoms with van der Waals surface area (Å²) in [6.07, 6.45) is 0. The Kier molecular flexibility index (Phi) is 19.0. The standard InChI is InChI=1S/C51H35N5Si.C27H16ClN5.C24H21BO2Si/c1-4-20-37(21-5-1)57(38-22-6-2-7-23-38,39-24-8-3-9-25-39)40-26-18-19-36(35-40)49-52-50(55-45-31-14-10-27-41(45)42-28-11-15-32-46(42)55)54-51(53-49)56-47-33-16-12-29-43(47)44-30-13-17-34-48(44)56;28-25-29-26(32-21-13-5-1-9-17(21)18-10-2-6-14-22(18)32)31-27(30-25)33-23-15-7-3-11-19(23)20-12-4-8-16-24(20)33;26-25(27)20-11-10-18-24(19-20)28(21-12-4-1-5-13-21,22-14-6-2-7-15-22)23-16-8-3-9-17-23/h1-35H;1-16H;1-19,26-27H. The zero-order valence-corrected chi connectivity index (χ0v) is 66.5. The molecular weight excluding hydrogens is 1500 g/mol. The van der Waals surface area contributed by atoms with E-state index in [1.54, 1.807) is 6.07 Å². The van der Waals surface area contributed by atoms with Crippen LogP contribution < -0.4 is 47.0 Å². The van der Waals surface area contributed by atoms with Gasteiger partial charge in [0.25, 0.3) is 0 Å². The Hall–Kier alpha value is -14.6. The third-order valence-corrected chi connectivity index (χ3v) is 32.4. The van der Waals surface area contributed by atoms with Crippen molar-refractivity contribution in [3.8, 4) is 35.2 Å². The van der Waals surface area contributed by atoms with Gasteiger partial charge >= 0.3 is 7.12 Å². The molecule has 0 bridgehead atoms. The number of benzene rings is 16. The highest BCUT2D eigenvalue weighted by Gasteiger charge is 2.43. The minimum Gasteiger partial charge on any atom is -0.423 e. The Morgan fingerprint density at radius 3 is 0.678 bits per heavy atom. The molecular formula is C102H72BClN10O2Si2. The van der Waals surface area contributed by atoms with Gasteiger partial charge in [-0.1, -0.05) is 376 Å².